The van der Waals surface area contributed by atoms with Crippen LogP contribution in [-0.2, 0) is 9.53 Å². The minimum Gasteiger partial charge on any atom is -0.481 e. The van der Waals surface area contributed by atoms with Crippen molar-refractivity contribution < 1.29 is 19.4 Å². The fraction of sp³-hybridized carbons (Fsp3) is 0.462. The molecule has 1 aromatic rings. The largest absolute Gasteiger partial charge is 0.481 e. The van der Waals surface area contributed by atoms with Gasteiger partial charge in [0.25, 0.3) is 5.91 Å². The van der Waals surface area contributed by atoms with E-state index >= 15 is 0 Å². The van der Waals surface area contributed by atoms with Crippen LogP contribution in [0.3, 0.4) is 0 Å². The zero-order chi connectivity index (χ0) is 15.5. The van der Waals surface area contributed by atoms with E-state index in [1.165, 1.54) is 12.1 Å². The number of carbonyl (C=O) groups excluding carboxylic acids is 1. The van der Waals surface area contributed by atoms with Crippen LogP contribution in [0.4, 0.5) is 0 Å². The number of carboxylic acids is 1. The van der Waals surface area contributed by atoms with Crippen molar-refractivity contribution in [2.45, 2.75) is 12.8 Å². The number of nitrogens with zero attached hydrogens (tertiary/aromatic N) is 1. The summed E-state index contributed by atoms with van der Waals surface area (Å²) in [5.41, 5.74) is -1.03. The predicted molar refractivity (Wildman–Crippen MR) is 76.7 cm³/mol. The van der Waals surface area contributed by atoms with E-state index in [1.807, 2.05) is 0 Å². The summed E-state index contributed by atoms with van der Waals surface area (Å²) < 4.78 is 5.17. The van der Waals surface area contributed by atoms with Crippen molar-refractivity contribution in [3.8, 4) is 0 Å². The Hall–Kier alpha value is -1.37. The van der Waals surface area contributed by atoms with Crippen molar-refractivity contribution in [3.05, 3.63) is 28.0 Å². The standard InChI is InChI=1S/C13H14Cl2N2O4/c14-8-1-2-9(15)17-10(8)11(18)16-7-13(12(19)20)3-5-21-6-4-13/h1-2H,3-7H2,(H,16,18)(H,19,20). The molecule has 1 aromatic heterocycles. The Bertz CT molecular complexity index is 559. The molecule has 2 rings (SSSR count). The molecule has 6 nitrogen and oxygen atoms in total. The Morgan fingerprint density at radius 2 is 2.00 bits per heavy atom. The van der Waals surface area contributed by atoms with E-state index < -0.39 is 17.3 Å². The first-order chi connectivity index (χ1) is 9.94. The van der Waals surface area contributed by atoms with Gasteiger partial charge in [-0.05, 0) is 25.0 Å². The average molecular weight is 333 g/mol. The van der Waals surface area contributed by atoms with Gasteiger partial charge < -0.3 is 15.2 Å². The molecule has 8 heteroatoms. The monoisotopic (exact) mass is 332 g/mol. The van der Waals surface area contributed by atoms with Crippen LogP contribution >= 0.6 is 23.2 Å². The second-order valence-corrected chi connectivity index (χ2v) is 5.64. The van der Waals surface area contributed by atoms with Crippen molar-refractivity contribution in [2.24, 2.45) is 5.41 Å². The van der Waals surface area contributed by atoms with Crippen LogP contribution in [0.15, 0.2) is 12.1 Å². The number of hydrogen-bond acceptors (Lipinski definition) is 4. The lowest BCUT2D eigenvalue weighted by Gasteiger charge is -2.33. The second-order valence-electron chi connectivity index (χ2n) is 4.84. The molecule has 0 unspecified atom stereocenters. The van der Waals surface area contributed by atoms with Crippen LogP contribution in [0.2, 0.25) is 10.2 Å². The summed E-state index contributed by atoms with van der Waals surface area (Å²) in [5.74, 6) is -1.49. The maximum Gasteiger partial charge on any atom is 0.311 e. The van der Waals surface area contributed by atoms with E-state index in [0.717, 1.165) is 0 Å². The molecule has 0 aliphatic carbocycles. The number of amides is 1. The molecule has 0 radical (unpaired) electrons. The van der Waals surface area contributed by atoms with Crippen LogP contribution in [0.25, 0.3) is 0 Å². The molecule has 2 N–H and O–H groups in total. The molecule has 2 heterocycles. The summed E-state index contributed by atoms with van der Waals surface area (Å²) in [6, 6.07) is 2.94. The fourth-order valence-corrected chi connectivity index (χ4v) is 2.48. The number of pyridine rings is 1. The van der Waals surface area contributed by atoms with Crippen LogP contribution < -0.4 is 5.32 Å². The molecule has 0 saturated carbocycles. The van der Waals surface area contributed by atoms with E-state index in [4.69, 9.17) is 27.9 Å². The van der Waals surface area contributed by atoms with Crippen LogP contribution in [0, 0.1) is 5.41 Å². The Balaban J connectivity index is 2.08. The number of nitrogens with one attached hydrogen (secondary N) is 1. The predicted octanol–water partition coefficient (Wildman–Crippen LogP) is 2.00. The number of rotatable bonds is 4. The van der Waals surface area contributed by atoms with Crippen LogP contribution in [0.5, 0.6) is 0 Å². The number of carboxylic acid groups (broad SMARTS) is 1. The highest BCUT2D eigenvalue weighted by Gasteiger charge is 2.40. The van der Waals surface area contributed by atoms with Gasteiger partial charge >= 0.3 is 5.97 Å². The van der Waals surface area contributed by atoms with Crippen molar-refractivity contribution in [2.75, 3.05) is 19.8 Å². The topological polar surface area (TPSA) is 88.5 Å². The Kier molecular flexibility index (Phi) is 5.03. The molecule has 1 aliphatic rings. The number of hydrogen-bond donors (Lipinski definition) is 2. The molecular weight excluding hydrogens is 319 g/mol. The summed E-state index contributed by atoms with van der Waals surface area (Å²) >= 11 is 11.6. The molecule has 0 atom stereocenters. The van der Waals surface area contributed by atoms with Crippen molar-refractivity contribution >= 4 is 35.1 Å². The first-order valence-electron chi connectivity index (χ1n) is 6.36. The summed E-state index contributed by atoms with van der Waals surface area (Å²) in [5, 5.41) is 12.3. The van der Waals surface area contributed by atoms with Gasteiger partial charge in [0.15, 0.2) is 0 Å². The van der Waals surface area contributed by atoms with Gasteiger partial charge in [0, 0.05) is 19.8 Å². The molecule has 0 spiro atoms. The maximum atomic E-state index is 12.1. The minimum absolute atomic E-state index is 0.00491. The third-order valence-corrected chi connectivity index (χ3v) is 4.03. The van der Waals surface area contributed by atoms with E-state index in [0.29, 0.717) is 26.1 Å². The zero-order valence-corrected chi connectivity index (χ0v) is 12.6. The van der Waals surface area contributed by atoms with Gasteiger partial charge in [0.1, 0.15) is 10.8 Å². The van der Waals surface area contributed by atoms with Crippen LogP contribution in [-0.4, -0.2) is 41.7 Å². The quantitative estimate of drug-likeness (QED) is 0.823. The Morgan fingerprint density at radius 3 is 2.62 bits per heavy atom. The van der Waals surface area contributed by atoms with Gasteiger partial charge in [0.2, 0.25) is 0 Å². The number of ether oxygens (including phenoxy) is 1. The van der Waals surface area contributed by atoms with Crippen molar-refractivity contribution in [3.63, 3.8) is 0 Å². The SMILES string of the molecule is O=C(NCC1(C(=O)O)CCOCC1)c1nc(Cl)ccc1Cl. The lowest BCUT2D eigenvalue weighted by Crippen LogP contribution is -2.46. The minimum atomic E-state index is -1.01. The van der Waals surface area contributed by atoms with E-state index in [1.54, 1.807) is 0 Å². The summed E-state index contributed by atoms with van der Waals surface area (Å²) in [6.07, 6.45) is 0.693. The third-order valence-electron chi connectivity index (χ3n) is 3.52. The molecule has 1 fully saturated rings. The number of aliphatic carboxylic acids is 1. The third kappa shape index (κ3) is 3.64. The van der Waals surface area contributed by atoms with Crippen LogP contribution in [0.1, 0.15) is 23.3 Å². The molecule has 1 saturated heterocycles. The fourth-order valence-electron chi connectivity index (χ4n) is 2.14. The van der Waals surface area contributed by atoms with E-state index in [9.17, 15) is 14.7 Å². The molecule has 1 amide bonds. The highest BCUT2D eigenvalue weighted by molar-refractivity contribution is 6.34. The second kappa shape index (κ2) is 6.60. The molecule has 0 bridgehead atoms. The first-order valence-corrected chi connectivity index (χ1v) is 7.12. The van der Waals surface area contributed by atoms with Gasteiger partial charge in [-0.25, -0.2) is 4.98 Å². The van der Waals surface area contributed by atoms with Gasteiger partial charge in [-0.3, -0.25) is 9.59 Å². The van der Waals surface area contributed by atoms with E-state index in [2.05, 4.69) is 10.3 Å². The number of halogens is 2. The van der Waals surface area contributed by atoms with Gasteiger partial charge in [-0.2, -0.15) is 0 Å². The summed E-state index contributed by atoms with van der Waals surface area (Å²) in [7, 11) is 0. The first kappa shape index (κ1) is 16.0. The number of aromatic nitrogens is 1. The van der Waals surface area contributed by atoms with E-state index in [-0.39, 0.29) is 22.4 Å². The zero-order valence-electron chi connectivity index (χ0n) is 11.1. The molecule has 0 aromatic carbocycles. The highest BCUT2D eigenvalue weighted by Crippen LogP contribution is 2.30. The molecule has 21 heavy (non-hydrogen) atoms. The van der Waals surface area contributed by atoms with Crippen molar-refractivity contribution in [1.29, 1.82) is 0 Å². The smallest absolute Gasteiger partial charge is 0.311 e. The lowest BCUT2D eigenvalue weighted by atomic mass is 9.80. The summed E-state index contributed by atoms with van der Waals surface area (Å²) in [4.78, 5) is 27.4. The lowest BCUT2D eigenvalue weighted by molar-refractivity contribution is -0.154. The van der Waals surface area contributed by atoms with Gasteiger partial charge in [-0.1, -0.05) is 23.2 Å². The molecule has 1 aliphatic heterocycles. The van der Waals surface area contributed by atoms with Crippen molar-refractivity contribution in [1.82, 2.24) is 10.3 Å². The molecule has 114 valence electrons. The Morgan fingerprint density at radius 1 is 1.33 bits per heavy atom. The Labute approximate surface area is 131 Å². The number of carbonyl (C=O) groups is 2. The average Bonchev–Trinajstić information content (AvgIpc) is 2.48. The molecular formula is C13H14Cl2N2O4. The normalized spacial score (nSPS) is 17.2. The summed E-state index contributed by atoms with van der Waals surface area (Å²) in [6.45, 7) is 0.714. The highest BCUT2D eigenvalue weighted by atomic mass is 35.5. The van der Waals surface area contributed by atoms with Gasteiger partial charge in [-0.15, -0.1) is 0 Å². The maximum absolute atomic E-state index is 12.1. The van der Waals surface area contributed by atoms with Gasteiger partial charge in [0.05, 0.1) is 10.4 Å².